The molecule has 0 aliphatic heterocycles. The summed E-state index contributed by atoms with van der Waals surface area (Å²) in [6.07, 6.45) is 1.43. The average molecular weight is 597 g/mol. The van der Waals surface area contributed by atoms with Crippen molar-refractivity contribution < 1.29 is 24.0 Å². The van der Waals surface area contributed by atoms with Crippen molar-refractivity contribution in [2.24, 2.45) is 0 Å². The second kappa shape index (κ2) is 15.0. The van der Waals surface area contributed by atoms with Crippen molar-refractivity contribution in [2.45, 2.75) is 11.8 Å². The molecule has 3 N–H and O–H groups in total. The molecule has 218 valence electrons. The molecule has 10 nitrogen and oxygen atoms in total. The smallest absolute Gasteiger partial charge is 0.272 e. The largest absolute Gasteiger partial charge is 0.494 e. The van der Waals surface area contributed by atoms with Gasteiger partial charge >= 0.3 is 0 Å². The number of nitro groups is 1. The summed E-state index contributed by atoms with van der Waals surface area (Å²) in [6.45, 7) is 2.45. The summed E-state index contributed by atoms with van der Waals surface area (Å²) in [5, 5.41) is 19.3. The van der Waals surface area contributed by atoms with Crippen LogP contribution in [0.3, 0.4) is 0 Å². The number of hydrogen-bond donors (Lipinski definition) is 3. The van der Waals surface area contributed by atoms with E-state index >= 15 is 0 Å². The third-order valence-electron chi connectivity index (χ3n) is 5.85. The van der Waals surface area contributed by atoms with Crippen LogP contribution in [0.5, 0.6) is 5.75 Å². The van der Waals surface area contributed by atoms with Gasteiger partial charge in [-0.3, -0.25) is 24.5 Å². The molecule has 0 unspecified atom stereocenters. The molecular formula is C32H28N4O6S. The predicted octanol–water partition coefficient (Wildman–Crippen LogP) is 6.13. The average Bonchev–Trinajstić information content (AvgIpc) is 3.01. The number of rotatable bonds is 12. The molecule has 0 aromatic heterocycles. The van der Waals surface area contributed by atoms with Crippen molar-refractivity contribution >= 4 is 52.6 Å². The third-order valence-corrected chi connectivity index (χ3v) is 6.85. The molecular weight excluding hydrogens is 568 g/mol. The fraction of sp³-hybridized carbons (Fsp3) is 0.0938. The van der Waals surface area contributed by atoms with E-state index in [4.69, 9.17) is 4.74 Å². The van der Waals surface area contributed by atoms with E-state index in [0.717, 1.165) is 10.6 Å². The van der Waals surface area contributed by atoms with Gasteiger partial charge in [-0.2, -0.15) is 0 Å². The Morgan fingerprint density at radius 1 is 0.860 bits per heavy atom. The van der Waals surface area contributed by atoms with Crippen molar-refractivity contribution in [1.29, 1.82) is 0 Å². The SMILES string of the molecule is CCOc1ccc(NC(=O)CSc2cccc(NC(=O)/C(=C\c3ccc([N+](=O)[O-])cc3)NC(=O)c3ccccc3)c2)cc1. The number of carbonyl (C=O) groups is 3. The topological polar surface area (TPSA) is 140 Å². The Kier molecular flexibility index (Phi) is 10.6. The minimum atomic E-state index is -0.599. The van der Waals surface area contributed by atoms with E-state index < -0.39 is 16.7 Å². The molecule has 0 spiro atoms. The summed E-state index contributed by atoms with van der Waals surface area (Å²) < 4.78 is 5.41. The molecule has 0 bridgehead atoms. The van der Waals surface area contributed by atoms with Gasteiger partial charge in [0.25, 0.3) is 17.5 Å². The lowest BCUT2D eigenvalue weighted by molar-refractivity contribution is -0.384. The highest BCUT2D eigenvalue weighted by atomic mass is 32.2. The maximum Gasteiger partial charge on any atom is 0.272 e. The molecule has 0 heterocycles. The Hall–Kier alpha value is -5.42. The molecule has 0 atom stereocenters. The Balaban J connectivity index is 1.43. The van der Waals surface area contributed by atoms with E-state index in [1.54, 1.807) is 72.8 Å². The molecule has 0 aliphatic rings. The number of thioether (sulfide) groups is 1. The summed E-state index contributed by atoms with van der Waals surface area (Å²) in [5.41, 5.74) is 1.78. The zero-order valence-corrected chi connectivity index (χ0v) is 23.9. The maximum absolute atomic E-state index is 13.3. The molecule has 0 fully saturated rings. The molecule has 0 saturated carbocycles. The first-order valence-electron chi connectivity index (χ1n) is 13.2. The summed E-state index contributed by atoms with van der Waals surface area (Å²) >= 11 is 1.30. The number of nitrogens with one attached hydrogen (secondary N) is 3. The van der Waals surface area contributed by atoms with Gasteiger partial charge in [-0.25, -0.2) is 0 Å². The molecule has 4 aromatic rings. The second-order valence-corrected chi connectivity index (χ2v) is 10.1. The summed E-state index contributed by atoms with van der Waals surface area (Å²) in [5.74, 6) is -0.423. The fourth-order valence-electron chi connectivity index (χ4n) is 3.81. The Labute approximate surface area is 252 Å². The van der Waals surface area contributed by atoms with Gasteiger partial charge in [-0.15, -0.1) is 11.8 Å². The van der Waals surface area contributed by atoms with Gasteiger partial charge < -0.3 is 20.7 Å². The fourth-order valence-corrected chi connectivity index (χ4v) is 4.57. The lowest BCUT2D eigenvalue weighted by atomic mass is 10.1. The molecule has 0 radical (unpaired) electrons. The molecule has 43 heavy (non-hydrogen) atoms. The number of hydrogen-bond acceptors (Lipinski definition) is 7. The number of carbonyl (C=O) groups excluding carboxylic acids is 3. The number of amides is 3. The van der Waals surface area contributed by atoms with Crippen LogP contribution in [0.4, 0.5) is 17.1 Å². The van der Waals surface area contributed by atoms with Crippen LogP contribution in [0.1, 0.15) is 22.8 Å². The number of benzene rings is 4. The van der Waals surface area contributed by atoms with Gasteiger partial charge in [0.1, 0.15) is 11.4 Å². The monoisotopic (exact) mass is 596 g/mol. The quantitative estimate of drug-likeness (QED) is 0.0773. The normalized spacial score (nSPS) is 10.9. The molecule has 4 rings (SSSR count). The van der Waals surface area contributed by atoms with Crippen LogP contribution in [0.15, 0.2) is 114 Å². The van der Waals surface area contributed by atoms with Crippen LogP contribution in [0.2, 0.25) is 0 Å². The predicted molar refractivity (Wildman–Crippen MR) is 167 cm³/mol. The molecule has 3 amide bonds. The summed E-state index contributed by atoms with van der Waals surface area (Å²) in [6, 6.07) is 28.1. The number of anilines is 2. The summed E-state index contributed by atoms with van der Waals surface area (Å²) in [4.78, 5) is 49.9. The lowest BCUT2D eigenvalue weighted by Gasteiger charge is -2.12. The standard InChI is InChI=1S/C32H28N4O6S/c1-2-42-27-17-13-24(14-18-27)33-30(37)21-43-28-10-6-9-25(20-28)34-32(39)29(35-31(38)23-7-4-3-5-8-23)19-22-11-15-26(16-12-22)36(40)41/h3-20H,2,21H2,1H3,(H,33,37)(H,34,39)(H,35,38)/b29-19+. The molecule has 0 saturated heterocycles. The highest BCUT2D eigenvalue weighted by molar-refractivity contribution is 8.00. The molecule has 0 aliphatic carbocycles. The van der Waals surface area contributed by atoms with Crippen molar-refractivity contribution in [3.8, 4) is 5.75 Å². The van der Waals surface area contributed by atoms with E-state index in [2.05, 4.69) is 16.0 Å². The van der Waals surface area contributed by atoms with E-state index in [-0.39, 0.29) is 23.0 Å². The first-order valence-corrected chi connectivity index (χ1v) is 14.2. The lowest BCUT2D eigenvalue weighted by Crippen LogP contribution is -2.30. The van der Waals surface area contributed by atoms with Crippen LogP contribution in [0.25, 0.3) is 6.08 Å². The van der Waals surface area contributed by atoms with Gasteiger partial charge in [-0.1, -0.05) is 24.3 Å². The molecule has 4 aromatic carbocycles. The summed E-state index contributed by atoms with van der Waals surface area (Å²) in [7, 11) is 0. The van der Waals surface area contributed by atoms with E-state index in [0.29, 0.717) is 29.1 Å². The molecule has 11 heteroatoms. The Morgan fingerprint density at radius 3 is 2.26 bits per heavy atom. The van der Waals surface area contributed by atoms with Crippen molar-refractivity contribution in [3.63, 3.8) is 0 Å². The second-order valence-electron chi connectivity index (χ2n) is 9.00. The van der Waals surface area contributed by atoms with Crippen LogP contribution in [0, 0.1) is 10.1 Å². The Bertz CT molecular complexity index is 1620. The number of ether oxygens (including phenoxy) is 1. The van der Waals surface area contributed by atoms with Gasteiger partial charge in [0.2, 0.25) is 5.91 Å². The number of nitro benzene ring substituents is 1. The van der Waals surface area contributed by atoms with Crippen LogP contribution >= 0.6 is 11.8 Å². The third kappa shape index (κ3) is 9.30. The van der Waals surface area contributed by atoms with Crippen molar-refractivity contribution in [3.05, 3.63) is 130 Å². The van der Waals surface area contributed by atoms with Crippen LogP contribution in [-0.2, 0) is 9.59 Å². The highest BCUT2D eigenvalue weighted by Crippen LogP contribution is 2.23. The minimum Gasteiger partial charge on any atom is -0.494 e. The minimum absolute atomic E-state index is 0.0597. The van der Waals surface area contributed by atoms with Crippen LogP contribution < -0.4 is 20.7 Å². The van der Waals surface area contributed by atoms with Crippen LogP contribution in [-0.4, -0.2) is 35.0 Å². The van der Waals surface area contributed by atoms with Crippen molar-refractivity contribution in [1.82, 2.24) is 5.32 Å². The Morgan fingerprint density at radius 2 is 1.58 bits per heavy atom. The first kappa shape index (κ1) is 30.5. The number of non-ortho nitro benzene ring substituents is 1. The van der Waals surface area contributed by atoms with Gasteiger partial charge in [-0.05, 0) is 85.3 Å². The zero-order chi connectivity index (χ0) is 30.6. The van der Waals surface area contributed by atoms with E-state index in [1.807, 2.05) is 13.0 Å². The van der Waals surface area contributed by atoms with E-state index in [9.17, 15) is 24.5 Å². The number of nitrogens with zero attached hydrogens (tertiary/aromatic N) is 1. The van der Waals surface area contributed by atoms with Gasteiger partial charge in [0.05, 0.1) is 17.3 Å². The highest BCUT2D eigenvalue weighted by Gasteiger charge is 2.16. The van der Waals surface area contributed by atoms with Gasteiger partial charge in [0.15, 0.2) is 0 Å². The maximum atomic E-state index is 13.3. The zero-order valence-electron chi connectivity index (χ0n) is 23.1. The van der Waals surface area contributed by atoms with Gasteiger partial charge in [0, 0.05) is 34.0 Å². The first-order chi connectivity index (χ1) is 20.8. The van der Waals surface area contributed by atoms with Crippen molar-refractivity contribution in [2.75, 3.05) is 23.0 Å². The van der Waals surface area contributed by atoms with E-state index in [1.165, 1.54) is 42.1 Å².